The normalized spacial score (nSPS) is 43.6. The molecule has 0 aromatic rings. The molecule has 0 bridgehead atoms. The zero-order chi connectivity index (χ0) is 11.7. The van der Waals surface area contributed by atoms with Crippen LogP contribution in [-0.4, -0.2) is 36.1 Å². The lowest BCUT2D eigenvalue weighted by Crippen LogP contribution is -2.45. The Hall–Kier alpha value is -0.0800. The summed E-state index contributed by atoms with van der Waals surface area (Å²) in [5, 5.41) is 3.92. The van der Waals surface area contributed by atoms with Crippen LogP contribution in [0.15, 0.2) is 0 Å². The first kappa shape index (κ1) is 12.0. The number of nitrogens with zero attached hydrogens (tertiary/aromatic N) is 1. The zero-order valence-electron chi connectivity index (χ0n) is 11.3. The number of rotatable bonds is 2. The van der Waals surface area contributed by atoms with Crippen LogP contribution in [0.3, 0.4) is 0 Å². The van der Waals surface area contributed by atoms with E-state index in [1.165, 1.54) is 64.5 Å². The fourth-order valence-electron chi connectivity index (χ4n) is 4.28. The lowest BCUT2D eigenvalue weighted by molar-refractivity contribution is 0.146. The molecule has 4 unspecified atom stereocenters. The first-order valence-corrected chi connectivity index (χ1v) is 7.83. The maximum absolute atomic E-state index is 3.92. The molecule has 2 nitrogen and oxygen atoms in total. The fraction of sp³-hybridized carbons (Fsp3) is 1.00. The molecule has 1 aliphatic carbocycles. The maximum Gasteiger partial charge on any atom is 0.0201 e. The zero-order valence-corrected chi connectivity index (χ0v) is 11.3. The van der Waals surface area contributed by atoms with Crippen molar-refractivity contribution in [1.82, 2.24) is 10.2 Å². The van der Waals surface area contributed by atoms with Gasteiger partial charge in [-0.25, -0.2) is 0 Å². The molecule has 3 rings (SSSR count). The highest BCUT2D eigenvalue weighted by molar-refractivity contribution is 4.94. The summed E-state index contributed by atoms with van der Waals surface area (Å²) in [7, 11) is 0. The van der Waals surface area contributed by atoms with Gasteiger partial charge in [0.25, 0.3) is 0 Å². The van der Waals surface area contributed by atoms with E-state index in [-0.39, 0.29) is 0 Å². The van der Waals surface area contributed by atoms with Gasteiger partial charge in [0.05, 0.1) is 0 Å². The minimum atomic E-state index is 0.795. The summed E-state index contributed by atoms with van der Waals surface area (Å²) in [6, 6.07) is 2.49. The Kier molecular flexibility index (Phi) is 3.72. The second-order valence-corrected chi connectivity index (χ2v) is 6.59. The summed E-state index contributed by atoms with van der Waals surface area (Å²) < 4.78 is 0. The molecule has 0 spiro atoms. The SMILES string of the molecule is CC1CCCCN1CC1CC2CCCCC2N1. The van der Waals surface area contributed by atoms with Gasteiger partial charge in [-0.05, 0) is 51.5 Å². The van der Waals surface area contributed by atoms with Crippen molar-refractivity contribution in [1.29, 1.82) is 0 Å². The summed E-state index contributed by atoms with van der Waals surface area (Å²) in [6.07, 6.45) is 11.6. The Morgan fingerprint density at radius 1 is 1.06 bits per heavy atom. The van der Waals surface area contributed by atoms with Crippen LogP contribution in [-0.2, 0) is 0 Å². The van der Waals surface area contributed by atoms with Crippen LogP contribution in [0, 0.1) is 5.92 Å². The number of hydrogen-bond acceptors (Lipinski definition) is 2. The number of hydrogen-bond donors (Lipinski definition) is 1. The van der Waals surface area contributed by atoms with Gasteiger partial charge in [-0.2, -0.15) is 0 Å². The van der Waals surface area contributed by atoms with Crippen molar-refractivity contribution in [3.63, 3.8) is 0 Å². The molecule has 2 saturated heterocycles. The summed E-state index contributed by atoms with van der Waals surface area (Å²) >= 11 is 0. The second-order valence-electron chi connectivity index (χ2n) is 6.59. The topological polar surface area (TPSA) is 15.3 Å². The monoisotopic (exact) mass is 236 g/mol. The molecule has 4 atom stereocenters. The van der Waals surface area contributed by atoms with E-state index in [1.54, 1.807) is 0 Å². The van der Waals surface area contributed by atoms with Crippen LogP contribution in [0.1, 0.15) is 58.3 Å². The highest BCUT2D eigenvalue weighted by Crippen LogP contribution is 2.33. The fourth-order valence-corrected chi connectivity index (χ4v) is 4.28. The van der Waals surface area contributed by atoms with E-state index in [1.807, 2.05) is 0 Å². The van der Waals surface area contributed by atoms with Crippen molar-refractivity contribution >= 4 is 0 Å². The van der Waals surface area contributed by atoms with E-state index in [0.717, 1.165) is 24.0 Å². The molecule has 1 N–H and O–H groups in total. The summed E-state index contributed by atoms with van der Waals surface area (Å²) in [4.78, 5) is 2.73. The number of piperidine rings is 1. The molecule has 1 saturated carbocycles. The lowest BCUT2D eigenvalue weighted by Gasteiger charge is -2.35. The quantitative estimate of drug-likeness (QED) is 0.793. The van der Waals surface area contributed by atoms with Crippen molar-refractivity contribution in [2.24, 2.45) is 5.92 Å². The molecular formula is C15H28N2. The number of fused-ring (bicyclic) bond motifs is 1. The predicted octanol–water partition coefficient (Wildman–Crippen LogP) is 2.78. The van der Waals surface area contributed by atoms with Gasteiger partial charge in [-0.1, -0.05) is 19.3 Å². The largest absolute Gasteiger partial charge is 0.310 e. The molecule has 2 heteroatoms. The number of likely N-dealkylation sites (tertiary alicyclic amines) is 1. The van der Waals surface area contributed by atoms with Gasteiger partial charge in [-0.15, -0.1) is 0 Å². The van der Waals surface area contributed by atoms with Crippen LogP contribution >= 0.6 is 0 Å². The van der Waals surface area contributed by atoms with Crippen molar-refractivity contribution < 1.29 is 0 Å². The molecule has 0 aromatic carbocycles. The minimum absolute atomic E-state index is 0.795. The Bertz CT molecular complexity index is 239. The molecule has 2 heterocycles. The van der Waals surface area contributed by atoms with E-state index in [4.69, 9.17) is 0 Å². The van der Waals surface area contributed by atoms with Gasteiger partial charge in [-0.3, -0.25) is 4.90 Å². The molecule has 3 aliphatic rings. The van der Waals surface area contributed by atoms with Gasteiger partial charge in [0.2, 0.25) is 0 Å². The molecule has 3 fully saturated rings. The molecule has 0 aromatic heterocycles. The maximum atomic E-state index is 3.92. The Morgan fingerprint density at radius 3 is 2.71 bits per heavy atom. The third kappa shape index (κ3) is 2.68. The van der Waals surface area contributed by atoms with Crippen molar-refractivity contribution in [2.75, 3.05) is 13.1 Å². The van der Waals surface area contributed by atoms with E-state index in [2.05, 4.69) is 17.1 Å². The van der Waals surface area contributed by atoms with E-state index in [9.17, 15) is 0 Å². The molecule has 17 heavy (non-hydrogen) atoms. The van der Waals surface area contributed by atoms with Crippen LogP contribution in [0.25, 0.3) is 0 Å². The lowest BCUT2D eigenvalue weighted by atomic mass is 9.85. The predicted molar refractivity (Wildman–Crippen MR) is 72.2 cm³/mol. The van der Waals surface area contributed by atoms with E-state index in [0.29, 0.717) is 0 Å². The number of nitrogens with one attached hydrogen (secondary N) is 1. The Labute approximate surface area is 106 Å². The van der Waals surface area contributed by atoms with Crippen molar-refractivity contribution in [2.45, 2.75) is 76.4 Å². The summed E-state index contributed by atoms with van der Waals surface area (Å²) in [6.45, 7) is 5.07. The smallest absolute Gasteiger partial charge is 0.0201 e. The third-order valence-corrected chi connectivity index (χ3v) is 5.34. The van der Waals surface area contributed by atoms with Gasteiger partial charge in [0, 0.05) is 24.7 Å². The first-order valence-electron chi connectivity index (χ1n) is 7.83. The molecule has 0 radical (unpaired) electrons. The summed E-state index contributed by atoms with van der Waals surface area (Å²) in [5.74, 6) is 1.01. The van der Waals surface area contributed by atoms with Crippen LogP contribution in [0.5, 0.6) is 0 Å². The summed E-state index contributed by atoms with van der Waals surface area (Å²) in [5.41, 5.74) is 0. The van der Waals surface area contributed by atoms with E-state index >= 15 is 0 Å². The molecule has 98 valence electrons. The first-order chi connectivity index (χ1) is 8.33. The Morgan fingerprint density at radius 2 is 1.88 bits per heavy atom. The average molecular weight is 236 g/mol. The third-order valence-electron chi connectivity index (χ3n) is 5.34. The van der Waals surface area contributed by atoms with Crippen LogP contribution in [0.2, 0.25) is 0 Å². The van der Waals surface area contributed by atoms with Gasteiger partial charge >= 0.3 is 0 Å². The minimum Gasteiger partial charge on any atom is -0.310 e. The average Bonchev–Trinajstić information content (AvgIpc) is 2.74. The molecule has 0 amide bonds. The molecular weight excluding hydrogens is 208 g/mol. The van der Waals surface area contributed by atoms with Crippen LogP contribution < -0.4 is 5.32 Å². The van der Waals surface area contributed by atoms with Gasteiger partial charge in [0.15, 0.2) is 0 Å². The van der Waals surface area contributed by atoms with Crippen LogP contribution in [0.4, 0.5) is 0 Å². The molecule has 2 aliphatic heterocycles. The highest BCUT2D eigenvalue weighted by atomic mass is 15.2. The standard InChI is InChI=1S/C15H28N2/c1-12-6-4-5-9-17(12)11-14-10-13-7-2-3-8-15(13)16-14/h12-16H,2-11H2,1H3. The second kappa shape index (κ2) is 5.27. The Balaban J connectivity index is 1.52. The van der Waals surface area contributed by atoms with Gasteiger partial charge in [0.1, 0.15) is 0 Å². The van der Waals surface area contributed by atoms with E-state index < -0.39 is 0 Å². The van der Waals surface area contributed by atoms with Crippen molar-refractivity contribution in [3.05, 3.63) is 0 Å². The van der Waals surface area contributed by atoms with Crippen molar-refractivity contribution in [3.8, 4) is 0 Å². The highest BCUT2D eigenvalue weighted by Gasteiger charge is 2.36. The van der Waals surface area contributed by atoms with Gasteiger partial charge < -0.3 is 5.32 Å².